The third-order valence-electron chi connectivity index (χ3n) is 3.61. The smallest absolute Gasteiger partial charge is 0.345 e. The van der Waals surface area contributed by atoms with Gasteiger partial charge in [0.2, 0.25) is 0 Å². The average molecular weight is 319 g/mol. The second kappa shape index (κ2) is 6.84. The highest BCUT2D eigenvalue weighted by atomic mass is 35.5. The maximum atomic E-state index is 11.5. The highest BCUT2D eigenvalue weighted by molar-refractivity contribution is 6.32. The largest absolute Gasteiger partial charge is 0.478 e. The second-order valence-corrected chi connectivity index (χ2v) is 5.86. The molecule has 116 valence electrons. The Morgan fingerprint density at radius 1 is 1.18 bits per heavy atom. The highest BCUT2D eigenvalue weighted by Crippen LogP contribution is 2.26. The molecule has 2 rings (SSSR count). The molecule has 0 bridgehead atoms. The lowest BCUT2D eigenvalue weighted by Gasteiger charge is -2.19. The number of hydrogen-bond donors (Lipinski definition) is 1. The third kappa shape index (κ3) is 3.80. The number of benzene rings is 2. The molecule has 0 fully saturated rings. The van der Waals surface area contributed by atoms with Crippen LogP contribution < -0.4 is 4.74 Å². The minimum Gasteiger partial charge on any atom is -0.478 e. The van der Waals surface area contributed by atoms with E-state index in [1.165, 1.54) is 0 Å². The molecule has 22 heavy (non-hydrogen) atoms. The number of ether oxygens (including phenoxy) is 1. The molecule has 4 heteroatoms. The van der Waals surface area contributed by atoms with Gasteiger partial charge in [-0.3, -0.25) is 0 Å². The van der Waals surface area contributed by atoms with Crippen molar-refractivity contribution < 1.29 is 14.6 Å². The third-order valence-corrected chi connectivity index (χ3v) is 3.92. The number of halogens is 1. The van der Waals surface area contributed by atoms with E-state index in [4.69, 9.17) is 16.3 Å². The van der Waals surface area contributed by atoms with Crippen LogP contribution in [0.4, 0.5) is 0 Å². The molecule has 1 atom stereocenters. The summed E-state index contributed by atoms with van der Waals surface area (Å²) in [4.78, 5) is 11.5. The van der Waals surface area contributed by atoms with Crippen molar-refractivity contribution in [2.45, 2.75) is 33.3 Å². The summed E-state index contributed by atoms with van der Waals surface area (Å²) in [5, 5.41) is 9.86. The van der Waals surface area contributed by atoms with Crippen molar-refractivity contribution in [1.29, 1.82) is 0 Å². The molecule has 0 aliphatic carbocycles. The van der Waals surface area contributed by atoms with Gasteiger partial charge in [0, 0.05) is 6.42 Å². The van der Waals surface area contributed by atoms with Gasteiger partial charge < -0.3 is 9.84 Å². The van der Waals surface area contributed by atoms with Crippen LogP contribution in [0.15, 0.2) is 36.4 Å². The molecule has 0 unspecified atom stereocenters. The van der Waals surface area contributed by atoms with Crippen molar-refractivity contribution in [2.75, 3.05) is 0 Å². The SMILES string of the molecule is Cc1cc(C)c(C[C@H](Oc2ccccc2Cl)C(=O)O)c(C)c1. The van der Waals surface area contributed by atoms with Crippen molar-refractivity contribution in [3.63, 3.8) is 0 Å². The van der Waals surface area contributed by atoms with Crippen LogP contribution in [0.25, 0.3) is 0 Å². The minimum atomic E-state index is -1.00. The molecule has 0 saturated heterocycles. The lowest BCUT2D eigenvalue weighted by molar-refractivity contribution is -0.145. The monoisotopic (exact) mass is 318 g/mol. The molecular formula is C18H19ClO3. The molecule has 0 radical (unpaired) electrons. The molecule has 2 aromatic carbocycles. The fraction of sp³-hybridized carbons (Fsp3) is 0.278. The average Bonchev–Trinajstić information content (AvgIpc) is 2.43. The zero-order valence-electron chi connectivity index (χ0n) is 12.9. The normalized spacial score (nSPS) is 12.0. The van der Waals surface area contributed by atoms with Gasteiger partial charge in [0.15, 0.2) is 6.10 Å². The van der Waals surface area contributed by atoms with Crippen LogP contribution in [0.5, 0.6) is 5.75 Å². The molecule has 0 saturated carbocycles. The summed E-state index contributed by atoms with van der Waals surface area (Å²) in [6.07, 6.45) is -0.668. The van der Waals surface area contributed by atoms with Crippen LogP contribution in [0, 0.1) is 20.8 Å². The van der Waals surface area contributed by atoms with E-state index in [2.05, 4.69) is 12.1 Å². The Morgan fingerprint density at radius 2 is 1.77 bits per heavy atom. The van der Waals surface area contributed by atoms with E-state index in [0.717, 1.165) is 22.3 Å². The molecular weight excluding hydrogens is 300 g/mol. The fourth-order valence-corrected chi connectivity index (χ4v) is 2.77. The Kier molecular flexibility index (Phi) is 5.09. The van der Waals surface area contributed by atoms with E-state index >= 15 is 0 Å². The molecule has 2 aromatic rings. The van der Waals surface area contributed by atoms with Crippen LogP contribution in [0.3, 0.4) is 0 Å². The Bertz CT molecular complexity index is 671. The van der Waals surface area contributed by atoms with Crippen molar-refractivity contribution in [3.05, 3.63) is 63.7 Å². The number of aliphatic carboxylic acids is 1. The van der Waals surface area contributed by atoms with Crippen molar-refractivity contribution in [1.82, 2.24) is 0 Å². The summed E-state index contributed by atoms with van der Waals surface area (Å²) >= 11 is 6.04. The summed E-state index contributed by atoms with van der Waals surface area (Å²) in [6.45, 7) is 6.01. The first kappa shape index (κ1) is 16.4. The summed E-state index contributed by atoms with van der Waals surface area (Å²) < 4.78 is 5.62. The van der Waals surface area contributed by atoms with E-state index < -0.39 is 12.1 Å². The van der Waals surface area contributed by atoms with Gasteiger partial charge in [0.25, 0.3) is 0 Å². The maximum absolute atomic E-state index is 11.5. The molecule has 0 aromatic heterocycles. The number of carboxylic acid groups (broad SMARTS) is 1. The van der Waals surface area contributed by atoms with Gasteiger partial charge in [-0.05, 0) is 49.6 Å². The van der Waals surface area contributed by atoms with E-state index in [1.54, 1.807) is 24.3 Å². The Balaban J connectivity index is 2.27. The van der Waals surface area contributed by atoms with Gasteiger partial charge in [0.1, 0.15) is 5.75 Å². The number of hydrogen-bond acceptors (Lipinski definition) is 2. The Morgan fingerprint density at radius 3 is 2.32 bits per heavy atom. The molecule has 0 amide bonds. The summed E-state index contributed by atoms with van der Waals surface area (Å²) in [6, 6.07) is 11.0. The first-order valence-electron chi connectivity index (χ1n) is 7.09. The molecule has 0 spiro atoms. The quantitative estimate of drug-likeness (QED) is 0.892. The van der Waals surface area contributed by atoms with Gasteiger partial charge in [-0.1, -0.05) is 41.4 Å². The number of para-hydroxylation sites is 1. The van der Waals surface area contributed by atoms with Crippen molar-refractivity contribution >= 4 is 17.6 Å². The van der Waals surface area contributed by atoms with E-state index in [9.17, 15) is 9.90 Å². The predicted molar refractivity (Wildman–Crippen MR) is 87.9 cm³/mol. The molecule has 0 aliphatic rings. The highest BCUT2D eigenvalue weighted by Gasteiger charge is 2.23. The number of carbonyl (C=O) groups is 1. The van der Waals surface area contributed by atoms with Crippen LogP contribution in [-0.2, 0) is 11.2 Å². The zero-order valence-corrected chi connectivity index (χ0v) is 13.6. The number of carboxylic acids is 1. The van der Waals surface area contributed by atoms with Gasteiger partial charge in [-0.25, -0.2) is 4.79 Å². The van der Waals surface area contributed by atoms with Crippen LogP contribution in [0.1, 0.15) is 22.3 Å². The zero-order chi connectivity index (χ0) is 16.3. The van der Waals surface area contributed by atoms with E-state index in [0.29, 0.717) is 17.2 Å². The van der Waals surface area contributed by atoms with E-state index in [-0.39, 0.29) is 0 Å². The van der Waals surface area contributed by atoms with Gasteiger partial charge in [-0.2, -0.15) is 0 Å². The lowest BCUT2D eigenvalue weighted by atomic mass is 9.95. The standard InChI is InChI=1S/C18H19ClO3/c1-11-8-12(2)14(13(3)9-11)10-17(18(20)21)22-16-7-5-4-6-15(16)19/h4-9,17H,10H2,1-3H3,(H,20,21)/t17-/m0/s1. The van der Waals surface area contributed by atoms with Gasteiger partial charge in [0.05, 0.1) is 5.02 Å². The number of rotatable bonds is 5. The van der Waals surface area contributed by atoms with Crippen LogP contribution >= 0.6 is 11.6 Å². The predicted octanol–water partition coefficient (Wildman–Crippen LogP) is 4.34. The Labute approximate surface area is 135 Å². The first-order chi connectivity index (χ1) is 10.4. The van der Waals surface area contributed by atoms with E-state index in [1.807, 2.05) is 20.8 Å². The van der Waals surface area contributed by atoms with Crippen molar-refractivity contribution in [2.24, 2.45) is 0 Å². The van der Waals surface area contributed by atoms with Gasteiger partial charge >= 0.3 is 5.97 Å². The second-order valence-electron chi connectivity index (χ2n) is 5.46. The molecule has 3 nitrogen and oxygen atoms in total. The van der Waals surface area contributed by atoms with Crippen LogP contribution in [0.2, 0.25) is 5.02 Å². The topological polar surface area (TPSA) is 46.5 Å². The lowest BCUT2D eigenvalue weighted by Crippen LogP contribution is -2.30. The molecule has 1 N–H and O–H groups in total. The minimum absolute atomic E-state index is 0.304. The number of aryl methyl sites for hydroxylation is 3. The maximum Gasteiger partial charge on any atom is 0.345 e. The molecule has 0 heterocycles. The van der Waals surface area contributed by atoms with Crippen molar-refractivity contribution in [3.8, 4) is 5.75 Å². The summed E-state index contributed by atoms with van der Waals surface area (Å²) in [7, 11) is 0. The Hall–Kier alpha value is -2.00. The van der Waals surface area contributed by atoms with Crippen LogP contribution in [-0.4, -0.2) is 17.2 Å². The van der Waals surface area contributed by atoms with Gasteiger partial charge in [-0.15, -0.1) is 0 Å². The summed E-state index contributed by atoms with van der Waals surface area (Å²) in [5.74, 6) is -0.613. The molecule has 0 aliphatic heterocycles. The fourth-order valence-electron chi connectivity index (χ4n) is 2.59. The summed E-state index contributed by atoms with van der Waals surface area (Å²) in [5.41, 5.74) is 4.32. The first-order valence-corrected chi connectivity index (χ1v) is 7.47.